The van der Waals surface area contributed by atoms with Gasteiger partial charge in [0.1, 0.15) is 5.03 Å². The Morgan fingerprint density at radius 2 is 2.10 bits per heavy atom. The third-order valence-electron chi connectivity index (χ3n) is 3.42. The predicted octanol–water partition coefficient (Wildman–Crippen LogP) is 2.24. The van der Waals surface area contributed by atoms with E-state index in [0.29, 0.717) is 5.03 Å². The Hall–Kier alpha value is -2.15. The zero-order valence-corrected chi connectivity index (χ0v) is 12.0. The molecule has 0 aliphatic carbocycles. The van der Waals surface area contributed by atoms with E-state index >= 15 is 0 Å². The van der Waals surface area contributed by atoms with Gasteiger partial charge in [0.15, 0.2) is 11.3 Å². The fourth-order valence-electron chi connectivity index (χ4n) is 2.54. The predicted molar refractivity (Wildman–Crippen MR) is 79.2 cm³/mol. The van der Waals surface area contributed by atoms with Crippen LogP contribution in [0.4, 0.5) is 0 Å². The van der Waals surface area contributed by atoms with Crippen LogP contribution in [-0.2, 0) is 6.54 Å². The van der Waals surface area contributed by atoms with Crippen molar-refractivity contribution in [2.45, 2.75) is 25.4 Å². The summed E-state index contributed by atoms with van der Waals surface area (Å²) in [6.07, 6.45) is 3.62. The Balaban J connectivity index is 2.32. The fourth-order valence-corrected chi connectivity index (χ4v) is 2.80. The van der Waals surface area contributed by atoms with Crippen LogP contribution in [0.15, 0.2) is 23.5 Å². The highest BCUT2D eigenvalue weighted by Crippen LogP contribution is 2.27. The van der Waals surface area contributed by atoms with Crippen molar-refractivity contribution in [1.82, 2.24) is 29.4 Å². The molecule has 0 saturated carbocycles. The van der Waals surface area contributed by atoms with Crippen molar-refractivity contribution < 1.29 is 0 Å². The maximum absolute atomic E-state index is 4.52. The van der Waals surface area contributed by atoms with Crippen LogP contribution in [-0.4, -0.2) is 29.4 Å². The quantitative estimate of drug-likeness (QED) is 0.430. The van der Waals surface area contributed by atoms with Crippen LogP contribution in [0.2, 0.25) is 0 Å². The van der Waals surface area contributed by atoms with E-state index in [1.54, 1.807) is 6.20 Å². The summed E-state index contributed by atoms with van der Waals surface area (Å²) in [5.41, 5.74) is 3.52. The van der Waals surface area contributed by atoms with Crippen LogP contribution < -0.4 is 0 Å². The highest BCUT2D eigenvalue weighted by atomic mass is 32.1. The second kappa shape index (κ2) is 3.92. The number of aryl methyl sites for hydroxylation is 2. The van der Waals surface area contributed by atoms with Gasteiger partial charge in [0.2, 0.25) is 0 Å². The van der Waals surface area contributed by atoms with Crippen molar-refractivity contribution in [2.75, 3.05) is 0 Å². The van der Waals surface area contributed by atoms with Crippen LogP contribution in [0.5, 0.6) is 0 Å². The largest absolute Gasteiger partial charge is 0.248 e. The summed E-state index contributed by atoms with van der Waals surface area (Å²) in [6, 6.07) is 1.94. The van der Waals surface area contributed by atoms with E-state index in [1.807, 2.05) is 35.3 Å². The summed E-state index contributed by atoms with van der Waals surface area (Å²) in [4.78, 5) is 8.94. The van der Waals surface area contributed by atoms with Gasteiger partial charge in [0.25, 0.3) is 0 Å². The number of fused-ring (bicyclic) bond motifs is 5. The molecule has 0 aromatic carbocycles. The third-order valence-corrected chi connectivity index (χ3v) is 3.76. The molecule has 0 fully saturated rings. The first-order valence-corrected chi connectivity index (χ1v) is 6.83. The van der Waals surface area contributed by atoms with Crippen LogP contribution in [0, 0.1) is 6.92 Å². The van der Waals surface area contributed by atoms with E-state index in [2.05, 4.69) is 32.8 Å². The van der Waals surface area contributed by atoms with Gasteiger partial charge >= 0.3 is 0 Å². The lowest BCUT2D eigenvalue weighted by Crippen LogP contribution is -1.99. The molecular weight excluding hydrogens is 272 g/mol. The summed E-state index contributed by atoms with van der Waals surface area (Å²) in [7, 11) is 0. The van der Waals surface area contributed by atoms with Crippen molar-refractivity contribution in [3.05, 3.63) is 24.2 Å². The molecule has 0 amide bonds. The Morgan fingerprint density at radius 3 is 2.90 bits per heavy atom. The normalized spacial score (nSPS) is 11.9. The molecule has 0 spiro atoms. The number of thiol groups is 1. The van der Waals surface area contributed by atoms with E-state index in [4.69, 9.17) is 0 Å². The van der Waals surface area contributed by atoms with Crippen LogP contribution in [0.1, 0.15) is 12.6 Å². The minimum atomic E-state index is 0.658. The first-order valence-electron chi connectivity index (χ1n) is 6.38. The van der Waals surface area contributed by atoms with E-state index in [0.717, 1.165) is 39.8 Å². The topological polar surface area (TPSA) is 60.9 Å². The second-order valence-corrected chi connectivity index (χ2v) is 5.13. The van der Waals surface area contributed by atoms with E-state index in [9.17, 15) is 0 Å². The summed E-state index contributed by atoms with van der Waals surface area (Å²) < 4.78 is 3.71. The van der Waals surface area contributed by atoms with Gasteiger partial charge in [-0.25, -0.2) is 19.2 Å². The van der Waals surface area contributed by atoms with Crippen molar-refractivity contribution >= 4 is 40.2 Å². The SMILES string of the molecule is CCn1ncc2c1ncc1c(S)nc3cc(C)nn3c12. The number of aromatic nitrogens is 6. The molecule has 20 heavy (non-hydrogen) atoms. The van der Waals surface area contributed by atoms with Gasteiger partial charge in [-0.2, -0.15) is 10.2 Å². The smallest absolute Gasteiger partial charge is 0.159 e. The Kier molecular flexibility index (Phi) is 2.29. The molecule has 0 aliphatic rings. The second-order valence-electron chi connectivity index (χ2n) is 4.71. The monoisotopic (exact) mass is 284 g/mol. The first-order chi connectivity index (χ1) is 9.69. The molecule has 4 aromatic heterocycles. The Morgan fingerprint density at radius 1 is 1.25 bits per heavy atom. The highest BCUT2D eigenvalue weighted by molar-refractivity contribution is 7.80. The maximum atomic E-state index is 4.52. The summed E-state index contributed by atoms with van der Waals surface area (Å²) >= 11 is 4.47. The molecule has 0 radical (unpaired) electrons. The maximum Gasteiger partial charge on any atom is 0.159 e. The molecule has 0 saturated heterocycles. The van der Waals surface area contributed by atoms with Gasteiger partial charge in [-0.05, 0) is 13.8 Å². The van der Waals surface area contributed by atoms with Gasteiger partial charge in [-0.1, -0.05) is 0 Å². The van der Waals surface area contributed by atoms with Gasteiger partial charge in [-0.3, -0.25) is 0 Å². The van der Waals surface area contributed by atoms with E-state index < -0.39 is 0 Å². The van der Waals surface area contributed by atoms with Gasteiger partial charge in [0.05, 0.1) is 28.2 Å². The third kappa shape index (κ3) is 1.41. The summed E-state index contributed by atoms with van der Waals surface area (Å²) in [6.45, 7) is 4.78. The molecule has 0 bridgehead atoms. The lowest BCUT2D eigenvalue weighted by molar-refractivity contribution is 0.677. The van der Waals surface area contributed by atoms with E-state index in [1.165, 1.54) is 0 Å². The number of rotatable bonds is 1. The van der Waals surface area contributed by atoms with Gasteiger partial charge < -0.3 is 0 Å². The molecule has 4 aromatic rings. The lowest BCUT2D eigenvalue weighted by Gasteiger charge is -2.05. The van der Waals surface area contributed by atoms with Crippen molar-refractivity contribution in [2.24, 2.45) is 0 Å². The fraction of sp³-hybridized carbons (Fsp3) is 0.231. The van der Waals surface area contributed by atoms with Crippen LogP contribution in [0.25, 0.3) is 27.6 Å². The molecule has 0 aliphatic heterocycles. The van der Waals surface area contributed by atoms with Crippen molar-refractivity contribution in [3.63, 3.8) is 0 Å². The van der Waals surface area contributed by atoms with Crippen LogP contribution in [0.3, 0.4) is 0 Å². The standard InChI is InChI=1S/C13H12N6S/c1-3-18-12-8(6-15-18)11-9(5-14-12)13(20)16-10-4-7(2)17-19(10)11/h4-6H,3H2,1-2H3,(H,16,20). The number of hydrogen-bond donors (Lipinski definition) is 1. The average Bonchev–Trinajstić information content (AvgIpc) is 3.00. The number of hydrogen-bond acceptors (Lipinski definition) is 5. The number of pyridine rings is 1. The Labute approximate surface area is 119 Å². The molecule has 100 valence electrons. The summed E-state index contributed by atoms with van der Waals surface area (Å²) in [5, 5.41) is 11.4. The molecule has 7 heteroatoms. The van der Waals surface area contributed by atoms with Crippen molar-refractivity contribution in [1.29, 1.82) is 0 Å². The van der Waals surface area contributed by atoms with Crippen molar-refractivity contribution in [3.8, 4) is 0 Å². The first kappa shape index (κ1) is 11.7. The zero-order valence-electron chi connectivity index (χ0n) is 11.1. The van der Waals surface area contributed by atoms with Gasteiger partial charge in [0, 0.05) is 18.8 Å². The minimum absolute atomic E-state index is 0.658. The molecule has 0 N–H and O–H groups in total. The zero-order chi connectivity index (χ0) is 13.9. The van der Waals surface area contributed by atoms with E-state index in [-0.39, 0.29) is 0 Å². The minimum Gasteiger partial charge on any atom is -0.248 e. The van der Waals surface area contributed by atoms with Gasteiger partial charge in [-0.15, -0.1) is 12.6 Å². The number of nitrogens with zero attached hydrogens (tertiary/aromatic N) is 6. The summed E-state index contributed by atoms with van der Waals surface area (Å²) in [5.74, 6) is 0. The Bertz CT molecular complexity index is 967. The molecular formula is C13H12N6S. The highest BCUT2D eigenvalue weighted by Gasteiger charge is 2.14. The lowest BCUT2D eigenvalue weighted by atomic mass is 10.2. The molecule has 6 nitrogen and oxygen atoms in total. The molecule has 0 unspecified atom stereocenters. The van der Waals surface area contributed by atoms with Crippen LogP contribution >= 0.6 is 12.6 Å². The molecule has 4 rings (SSSR count). The molecule has 4 heterocycles. The average molecular weight is 284 g/mol. The molecule has 0 atom stereocenters.